The van der Waals surface area contributed by atoms with Crippen molar-refractivity contribution in [3.8, 4) is 0 Å². The van der Waals surface area contributed by atoms with Gasteiger partial charge in [0.2, 0.25) is 0 Å². The normalized spacial score (nSPS) is 18.0. The van der Waals surface area contributed by atoms with Gasteiger partial charge in [0.15, 0.2) is 0 Å². The fourth-order valence-corrected chi connectivity index (χ4v) is 3.07. The first-order valence-electron chi connectivity index (χ1n) is 7.96. The highest BCUT2D eigenvalue weighted by atomic mass is 19.1. The van der Waals surface area contributed by atoms with Crippen molar-refractivity contribution in [1.29, 1.82) is 0 Å². The Labute approximate surface area is 127 Å². The summed E-state index contributed by atoms with van der Waals surface area (Å²) in [5.74, 6) is 0.279. The first-order valence-corrected chi connectivity index (χ1v) is 7.96. The van der Waals surface area contributed by atoms with E-state index in [4.69, 9.17) is 0 Å². The summed E-state index contributed by atoms with van der Waals surface area (Å²) in [5.41, 5.74) is 2.86. The third-order valence-electron chi connectivity index (χ3n) is 4.50. The third-order valence-corrected chi connectivity index (χ3v) is 4.50. The number of piperidine rings is 1. The van der Waals surface area contributed by atoms with Crippen LogP contribution in [-0.4, -0.2) is 31.3 Å². The quantitative estimate of drug-likeness (QED) is 0.876. The SMILES string of the molecule is CCNC(C)c1cc(F)c(C)cc1N1CCC(CO)CC1. The summed E-state index contributed by atoms with van der Waals surface area (Å²) in [6.45, 7) is 8.97. The van der Waals surface area contributed by atoms with E-state index in [-0.39, 0.29) is 18.5 Å². The molecule has 1 aromatic rings. The molecule has 1 aliphatic rings. The molecule has 0 saturated carbocycles. The Morgan fingerprint density at radius 2 is 2.05 bits per heavy atom. The highest BCUT2D eigenvalue weighted by molar-refractivity contribution is 5.57. The minimum atomic E-state index is -0.135. The Morgan fingerprint density at radius 3 is 2.62 bits per heavy atom. The van der Waals surface area contributed by atoms with Gasteiger partial charge in [-0.25, -0.2) is 4.39 Å². The van der Waals surface area contributed by atoms with Crippen molar-refractivity contribution < 1.29 is 9.50 Å². The first kappa shape index (κ1) is 16.2. The van der Waals surface area contributed by atoms with E-state index in [9.17, 15) is 9.50 Å². The molecule has 1 heterocycles. The van der Waals surface area contributed by atoms with Crippen LogP contribution < -0.4 is 10.2 Å². The van der Waals surface area contributed by atoms with Crippen LogP contribution in [0.3, 0.4) is 0 Å². The van der Waals surface area contributed by atoms with Gasteiger partial charge in [-0.05, 0) is 62.4 Å². The Hall–Kier alpha value is -1.13. The predicted molar refractivity (Wildman–Crippen MR) is 85.3 cm³/mol. The molecule has 0 amide bonds. The van der Waals surface area contributed by atoms with Crippen molar-refractivity contribution in [2.45, 2.75) is 39.7 Å². The zero-order valence-corrected chi connectivity index (χ0v) is 13.3. The number of rotatable bonds is 5. The van der Waals surface area contributed by atoms with E-state index in [1.165, 1.54) is 0 Å². The molecule has 1 fully saturated rings. The van der Waals surface area contributed by atoms with Gasteiger partial charge in [0, 0.05) is 31.4 Å². The largest absolute Gasteiger partial charge is 0.396 e. The van der Waals surface area contributed by atoms with E-state index in [2.05, 4.69) is 24.1 Å². The molecule has 1 aliphatic heterocycles. The lowest BCUT2D eigenvalue weighted by molar-refractivity contribution is 0.203. The molecule has 1 unspecified atom stereocenters. The van der Waals surface area contributed by atoms with Crippen LogP contribution in [-0.2, 0) is 0 Å². The summed E-state index contributed by atoms with van der Waals surface area (Å²) in [6, 6.07) is 3.78. The topological polar surface area (TPSA) is 35.5 Å². The van der Waals surface area contributed by atoms with Gasteiger partial charge in [0.05, 0.1) is 0 Å². The van der Waals surface area contributed by atoms with Gasteiger partial charge in [-0.15, -0.1) is 0 Å². The third kappa shape index (κ3) is 3.74. The highest BCUT2D eigenvalue weighted by Gasteiger charge is 2.23. The van der Waals surface area contributed by atoms with Crippen LogP contribution in [0.5, 0.6) is 0 Å². The summed E-state index contributed by atoms with van der Waals surface area (Å²) in [4.78, 5) is 2.34. The van der Waals surface area contributed by atoms with Crippen molar-refractivity contribution in [3.63, 3.8) is 0 Å². The Kier molecular flexibility index (Phi) is 5.59. The minimum absolute atomic E-state index is 0.135. The highest BCUT2D eigenvalue weighted by Crippen LogP contribution is 2.32. The van der Waals surface area contributed by atoms with Gasteiger partial charge in [-0.1, -0.05) is 6.92 Å². The van der Waals surface area contributed by atoms with E-state index < -0.39 is 0 Å². The number of hydrogen-bond acceptors (Lipinski definition) is 3. The molecule has 1 atom stereocenters. The lowest BCUT2D eigenvalue weighted by Gasteiger charge is -2.35. The standard InChI is InChI=1S/C17H27FN2O/c1-4-19-13(3)15-10-16(18)12(2)9-17(15)20-7-5-14(11-21)6-8-20/h9-10,13-14,19,21H,4-8,11H2,1-3H3. The van der Waals surface area contributed by atoms with Crippen LogP contribution in [0.25, 0.3) is 0 Å². The van der Waals surface area contributed by atoms with Crippen LogP contribution in [0.15, 0.2) is 12.1 Å². The Bertz CT molecular complexity index is 470. The minimum Gasteiger partial charge on any atom is -0.396 e. The lowest BCUT2D eigenvalue weighted by Crippen LogP contribution is -2.36. The molecule has 0 bridgehead atoms. The summed E-state index contributed by atoms with van der Waals surface area (Å²) >= 11 is 0. The molecule has 1 aromatic carbocycles. The molecule has 0 spiro atoms. The van der Waals surface area contributed by atoms with Crippen LogP contribution in [0.2, 0.25) is 0 Å². The molecule has 3 nitrogen and oxygen atoms in total. The van der Waals surface area contributed by atoms with Crippen LogP contribution in [0.4, 0.5) is 10.1 Å². The molecule has 21 heavy (non-hydrogen) atoms. The molecular weight excluding hydrogens is 267 g/mol. The fraction of sp³-hybridized carbons (Fsp3) is 0.647. The molecular formula is C17H27FN2O. The van der Waals surface area contributed by atoms with E-state index in [1.807, 2.05) is 13.0 Å². The zero-order chi connectivity index (χ0) is 15.4. The van der Waals surface area contributed by atoms with E-state index in [1.54, 1.807) is 6.07 Å². The second-order valence-electron chi connectivity index (χ2n) is 6.05. The summed E-state index contributed by atoms with van der Waals surface area (Å²) in [7, 11) is 0. The van der Waals surface area contributed by atoms with Gasteiger partial charge in [0.1, 0.15) is 5.82 Å². The van der Waals surface area contributed by atoms with Crippen LogP contribution in [0, 0.1) is 18.7 Å². The Balaban J connectivity index is 2.26. The van der Waals surface area contributed by atoms with Gasteiger partial charge in [0.25, 0.3) is 0 Å². The average molecular weight is 294 g/mol. The van der Waals surface area contributed by atoms with E-state index in [0.717, 1.165) is 43.7 Å². The molecule has 0 aromatic heterocycles. The Morgan fingerprint density at radius 1 is 1.38 bits per heavy atom. The first-order chi connectivity index (χ1) is 10.1. The van der Waals surface area contributed by atoms with Crippen molar-refractivity contribution >= 4 is 5.69 Å². The van der Waals surface area contributed by atoms with Crippen LogP contribution >= 0.6 is 0 Å². The molecule has 0 radical (unpaired) electrons. The van der Waals surface area contributed by atoms with Crippen molar-refractivity contribution in [3.05, 3.63) is 29.1 Å². The predicted octanol–water partition coefficient (Wildman–Crippen LogP) is 3.01. The van der Waals surface area contributed by atoms with Gasteiger partial charge >= 0.3 is 0 Å². The number of aliphatic hydroxyl groups excluding tert-OH is 1. The molecule has 1 saturated heterocycles. The van der Waals surface area contributed by atoms with Gasteiger partial charge in [-0.2, -0.15) is 0 Å². The summed E-state index contributed by atoms with van der Waals surface area (Å²) < 4.78 is 14.0. The second-order valence-corrected chi connectivity index (χ2v) is 6.05. The van der Waals surface area contributed by atoms with Crippen LogP contribution in [0.1, 0.15) is 43.9 Å². The van der Waals surface area contributed by atoms with Crippen molar-refractivity contribution in [2.24, 2.45) is 5.92 Å². The maximum Gasteiger partial charge on any atom is 0.126 e. The number of anilines is 1. The number of hydrogen-bond donors (Lipinski definition) is 2. The number of aliphatic hydroxyl groups is 1. The smallest absolute Gasteiger partial charge is 0.126 e. The molecule has 0 aliphatic carbocycles. The van der Waals surface area contributed by atoms with Crippen molar-refractivity contribution in [1.82, 2.24) is 5.32 Å². The molecule has 2 N–H and O–H groups in total. The molecule has 2 rings (SSSR count). The number of aryl methyl sites for hydroxylation is 1. The lowest BCUT2D eigenvalue weighted by atomic mass is 9.95. The molecule has 4 heteroatoms. The number of nitrogens with one attached hydrogen (secondary N) is 1. The monoisotopic (exact) mass is 294 g/mol. The number of benzene rings is 1. The number of nitrogens with zero attached hydrogens (tertiary/aromatic N) is 1. The summed E-state index contributed by atoms with van der Waals surface area (Å²) in [5, 5.41) is 12.6. The fourth-order valence-electron chi connectivity index (χ4n) is 3.07. The van der Waals surface area contributed by atoms with Gasteiger partial charge < -0.3 is 15.3 Å². The molecule has 118 valence electrons. The average Bonchev–Trinajstić information content (AvgIpc) is 2.50. The zero-order valence-electron chi connectivity index (χ0n) is 13.3. The van der Waals surface area contributed by atoms with E-state index >= 15 is 0 Å². The van der Waals surface area contributed by atoms with Gasteiger partial charge in [-0.3, -0.25) is 0 Å². The summed E-state index contributed by atoms with van der Waals surface area (Å²) in [6.07, 6.45) is 2.00. The maximum absolute atomic E-state index is 14.0. The second kappa shape index (κ2) is 7.23. The van der Waals surface area contributed by atoms with Crippen molar-refractivity contribution in [2.75, 3.05) is 31.1 Å². The van der Waals surface area contributed by atoms with E-state index in [0.29, 0.717) is 11.5 Å². The number of halogens is 1. The maximum atomic E-state index is 14.0.